The molecule has 0 aromatic carbocycles. The van der Waals surface area contributed by atoms with E-state index < -0.39 is 12.4 Å². The third kappa shape index (κ3) is 1.71. The molecule has 2 atom stereocenters. The van der Waals surface area contributed by atoms with Gasteiger partial charge < -0.3 is 14.8 Å². The summed E-state index contributed by atoms with van der Waals surface area (Å²) in [5.41, 5.74) is 0. The summed E-state index contributed by atoms with van der Waals surface area (Å²) in [6.45, 7) is 3.56. The second-order valence-electron chi connectivity index (χ2n) is 2.28. The van der Waals surface area contributed by atoms with Gasteiger partial charge >= 0.3 is 6.09 Å². The molecule has 1 saturated heterocycles. The predicted octanol–water partition coefficient (Wildman–Crippen LogP) is 0.643. The first-order chi connectivity index (χ1) is 5.27. The molecule has 1 aliphatic heterocycles. The van der Waals surface area contributed by atoms with E-state index in [-0.39, 0.29) is 6.04 Å². The lowest BCUT2D eigenvalue weighted by molar-refractivity contribution is -0.0669. The molecular formula is C7H11NO3. The number of nitrogens with one attached hydrogen (secondary N) is 1. The zero-order valence-corrected chi connectivity index (χ0v) is 6.37. The van der Waals surface area contributed by atoms with E-state index >= 15 is 0 Å². The molecular weight excluding hydrogens is 146 g/mol. The van der Waals surface area contributed by atoms with Crippen LogP contribution in [0, 0.1) is 0 Å². The topological polar surface area (TPSA) is 47.6 Å². The zero-order valence-electron chi connectivity index (χ0n) is 6.37. The number of alkyl carbamates (subject to hydrolysis) is 1. The van der Waals surface area contributed by atoms with Gasteiger partial charge in [0, 0.05) is 7.11 Å². The van der Waals surface area contributed by atoms with E-state index in [0.29, 0.717) is 6.42 Å². The van der Waals surface area contributed by atoms with Crippen molar-refractivity contribution in [2.75, 3.05) is 7.11 Å². The molecule has 1 fully saturated rings. The van der Waals surface area contributed by atoms with Gasteiger partial charge in [0.25, 0.3) is 0 Å². The summed E-state index contributed by atoms with van der Waals surface area (Å²) < 4.78 is 9.65. The summed E-state index contributed by atoms with van der Waals surface area (Å²) in [6, 6.07) is -0.0926. The largest absolute Gasteiger partial charge is 0.417 e. The molecule has 1 N–H and O–H groups in total. The molecule has 0 radical (unpaired) electrons. The summed E-state index contributed by atoms with van der Waals surface area (Å²) in [5.74, 6) is 0. The molecule has 0 saturated carbocycles. The highest BCUT2D eigenvalue weighted by Gasteiger charge is 2.32. The van der Waals surface area contributed by atoms with E-state index in [1.165, 1.54) is 7.11 Å². The van der Waals surface area contributed by atoms with Gasteiger partial charge in [0.15, 0.2) is 0 Å². The van der Waals surface area contributed by atoms with Crippen molar-refractivity contribution in [1.82, 2.24) is 5.32 Å². The van der Waals surface area contributed by atoms with Crippen molar-refractivity contribution < 1.29 is 14.3 Å². The van der Waals surface area contributed by atoms with Crippen molar-refractivity contribution in [3.8, 4) is 0 Å². The van der Waals surface area contributed by atoms with Crippen LogP contribution < -0.4 is 5.32 Å². The van der Waals surface area contributed by atoms with Crippen molar-refractivity contribution in [2.24, 2.45) is 0 Å². The van der Waals surface area contributed by atoms with Crippen LogP contribution in [-0.2, 0) is 9.47 Å². The van der Waals surface area contributed by atoms with Crippen molar-refractivity contribution in [2.45, 2.75) is 18.8 Å². The maximum atomic E-state index is 10.6. The van der Waals surface area contributed by atoms with Crippen LogP contribution in [0.2, 0.25) is 0 Å². The Morgan fingerprint density at radius 1 is 1.91 bits per heavy atom. The molecule has 0 aromatic heterocycles. The third-order valence-electron chi connectivity index (χ3n) is 1.51. The molecule has 0 aliphatic carbocycles. The normalized spacial score (nSPS) is 29.4. The van der Waals surface area contributed by atoms with Crippen LogP contribution in [0.25, 0.3) is 0 Å². The van der Waals surface area contributed by atoms with Gasteiger partial charge in [0.1, 0.15) is 0 Å². The molecule has 0 aromatic rings. The van der Waals surface area contributed by atoms with Gasteiger partial charge in [-0.05, 0) is 6.42 Å². The van der Waals surface area contributed by atoms with Crippen LogP contribution in [-0.4, -0.2) is 25.5 Å². The molecule has 0 bridgehead atoms. The fraction of sp³-hybridized carbons (Fsp3) is 0.571. The minimum atomic E-state index is -0.472. The smallest absolute Gasteiger partial charge is 0.409 e. The van der Waals surface area contributed by atoms with Gasteiger partial charge in [-0.3, -0.25) is 0 Å². The minimum Gasteiger partial charge on any atom is -0.417 e. The van der Waals surface area contributed by atoms with Crippen molar-refractivity contribution >= 4 is 6.09 Å². The Labute approximate surface area is 65.2 Å². The zero-order chi connectivity index (χ0) is 8.27. The molecule has 4 heteroatoms. The summed E-state index contributed by atoms with van der Waals surface area (Å²) >= 11 is 0. The van der Waals surface area contributed by atoms with E-state index in [0.717, 1.165) is 0 Å². The highest BCUT2D eigenvalue weighted by Crippen LogP contribution is 2.12. The number of methoxy groups -OCH3 is 1. The van der Waals surface area contributed by atoms with Crippen LogP contribution >= 0.6 is 0 Å². The Kier molecular flexibility index (Phi) is 2.48. The molecule has 1 amide bonds. The summed E-state index contributed by atoms with van der Waals surface area (Å²) in [6.07, 6.45) is 1.47. The van der Waals surface area contributed by atoms with Gasteiger partial charge in [0.05, 0.1) is 6.04 Å². The highest BCUT2D eigenvalue weighted by atomic mass is 16.7. The van der Waals surface area contributed by atoms with Crippen LogP contribution in [0.3, 0.4) is 0 Å². The predicted molar refractivity (Wildman–Crippen MR) is 39.0 cm³/mol. The second-order valence-corrected chi connectivity index (χ2v) is 2.28. The van der Waals surface area contributed by atoms with Crippen molar-refractivity contribution in [3.05, 3.63) is 12.7 Å². The van der Waals surface area contributed by atoms with E-state index in [4.69, 9.17) is 9.47 Å². The van der Waals surface area contributed by atoms with Crippen LogP contribution in [0.5, 0.6) is 0 Å². The lowest BCUT2D eigenvalue weighted by Gasteiger charge is -2.12. The molecule has 1 aliphatic rings. The maximum Gasteiger partial charge on any atom is 0.409 e. The van der Waals surface area contributed by atoms with E-state index in [2.05, 4.69) is 11.9 Å². The third-order valence-corrected chi connectivity index (χ3v) is 1.51. The second kappa shape index (κ2) is 3.39. The average molecular weight is 157 g/mol. The maximum absolute atomic E-state index is 10.6. The van der Waals surface area contributed by atoms with Crippen molar-refractivity contribution in [3.63, 3.8) is 0 Å². The monoisotopic (exact) mass is 157 g/mol. The molecule has 0 unspecified atom stereocenters. The number of carbonyl (C=O) groups excluding carboxylic acids is 1. The first kappa shape index (κ1) is 8.07. The highest BCUT2D eigenvalue weighted by molar-refractivity contribution is 5.69. The Bertz CT molecular complexity index is 169. The summed E-state index contributed by atoms with van der Waals surface area (Å²) in [7, 11) is 1.50. The van der Waals surface area contributed by atoms with E-state index in [1.807, 2.05) is 0 Å². The van der Waals surface area contributed by atoms with Crippen LogP contribution in [0.15, 0.2) is 12.7 Å². The van der Waals surface area contributed by atoms with Crippen LogP contribution in [0.4, 0.5) is 4.79 Å². The first-order valence-corrected chi connectivity index (χ1v) is 3.38. The lowest BCUT2D eigenvalue weighted by Crippen LogP contribution is -2.31. The summed E-state index contributed by atoms with van der Waals surface area (Å²) in [4.78, 5) is 10.6. The van der Waals surface area contributed by atoms with Gasteiger partial charge in [-0.15, -0.1) is 6.58 Å². The molecule has 11 heavy (non-hydrogen) atoms. The lowest BCUT2D eigenvalue weighted by atomic mass is 10.2. The standard InChI is InChI=1S/C7H11NO3/c1-3-4-5-6(10-2)11-7(9)8-5/h3,5-6H,1,4H2,2H3,(H,8,9)/t5-,6+/m0/s1. The van der Waals surface area contributed by atoms with Crippen LogP contribution in [0.1, 0.15) is 6.42 Å². The number of hydrogen-bond acceptors (Lipinski definition) is 3. The van der Waals surface area contributed by atoms with Gasteiger partial charge in [-0.2, -0.15) is 0 Å². The first-order valence-electron chi connectivity index (χ1n) is 3.38. The number of amides is 1. The number of carbonyl (C=O) groups is 1. The molecule has 0 spiro atoms. The van der Waals surface area contributed by atoms with Gasteiger partial charge in [-0.1, -0.05) is 6.08 Å². The number of ether oxygens (including phenoxy) is 2. The Balaban J connectivity index is 2.49. The fourth-order valence-electron chi connectivity index (χ4n) is 1.00. The molecule has 62 valence electrons. The molecule has 1 rings (SSSR count). The molecule has 4 nitrogen and oxygen atoms in total. The number of hydrogen-bond donors (Lipinski definition) is 1. The average Bonchev–Trinajstić information content (AvgIpc) is 2.32. The fourth-order valence-corrected chi connectivity index (χ4v) is 1.00. The Morgan fingerprint density at radius 2 is 2.64 bits per heavy atom. The SMILES string of the molecule is C=CC[C@@H]1NC(=O)O[C@H]1OC. The Morgan fingerprint density at radius 3 is 3.18 bits per heavy atom. The number of rotatable bonds is 3. The summed E-state index contributed by atoms with van der Waals surface area (Å²) in [5, 5.41) is 2.60. The van der Waals surface area contributed by atoms with Gasteiger partial charge in [-0.25, -0.2) is 4.79 Å². The van der Waals surface area contributed by atoms with E-state index in [1.54, 1.807) is 6.08 Å². The molecule has 1 heterocycles. The quantitative estimate of drug-likeness (QED) is 0.611. The Hall–Kier alpha value is -1.03. The van der Waals surface area contributed by atoms with E-state index in [9.17, 15) is 4.79 Å². The minimum absolute atomic E-state index is 0.0926. The number of cyclic esters (lactones) is 1. The van der Waals surface area contributed by atoms with Crippen molar-refractivity contribution in [1.29, 1.82) is 0 Å². The van der Waals surface area contributed by atoms with Gasteiger partial charge in [0.2, 0.25) is 6.29 Å².